The highest BCUT2D eigenvalue weighted by Gasteiger charge is 2.02. The molecule has 0 heterocycles. The normalized spacial score (nSPS) is 11.1. The fourth-order valence-electron chi connectivity index (χ4n) is 0.838. The van der Waals surface area contributed by atoms with Crippen molar-refractivity contribution in [1.82, 2.24) is 4.90 Å². The van der Waals surface area contributed by atoms with Gasteiger partial charge in [-0.3, -0.25) is 9.94 Å². The molecule has 6 nitrogen and oxygen atoms in total. The van der Waals surface area contributed by atoms with Gasteiger partial charge in [-0.05, 0) is 0 Å². The third-order valence-corrected chi connectivity index (χ3v) is 1.90. The van der Waals surface area contributed by atoms with Crippen LogP contribution < -0.4 is 5.26 Å². The molecule has 80 valence electrons. The number of rotatable bonds is 9. The summed E-state index contributed by atoms with van der Waals surface area (Å²) in [5.74, 6) is 0.544. The van der Waals surface area contributed by atoms with Crippen molar-refractivity contribution in [2.45, 2.75) is 0 Å². The maximum absolute atomic E-state index is 9.39. The molecule has 0 saturated carbocycles. The highest BCUT2D eigenvalue weighted by atomic mass is 32.2. The molecule has 0 saturated heterocycles. The number of aliphatic hydroxyl groups is 2. The van der Waals surface area contributed by atoms with E-state index in [0.29, 0.717) is 25.4 Å². The maximum Gasteiger partial charge on any atom is 0.0558 e. The van der Waals surface area contributed by atoms with Crippen LogP contribution in [0.3, 0.4) is 0 Å². The monoisotopic (exact) mass is 212 g/mol. The fraction of sp³-hybridized carbons (Fsp3) is 1.00. The first-order valence-corrected chi connectivity index (χ1v) is 4.78. The minimum Gasteiger partial charge on any atom is -0.691 e. The van der Waals surface area contributed by atoms with Crippen molar-refractivity contribution in [3.63, 3.8) is 0 Å². The van der Waals surface area contributed by atoms with E-state index in [2.05, 4.69) is 9.37 Å². The Bertz CT molecular complexity index is 101. The Morgan fingerprint density at radius 2 is 1.77 bits per heavy atom. The minimum absolute atomic E-state index is 0.0452. The molecule has 2 N–H and O–H groups in total. The predicted octanol–water partition coefficient (Wildman–Crippen LogP) is -1.86. The Hall–Kier alpha value is 0.110. The first kappa shape index (κ1) is 13.1. The highest BCUT2D eigenvalue weighted by Crippen LogP contribution is 2.01. The lowest BCUT2D eigenvalue weighted by atomic mass is 10.5. The van der Waals surface area contributed by atoms with Gasteiger partial charge in [-0.1, -0.05) is 0 Å². The maximum atomic E-state index is 9.39. The molecule has 0 aliphatic carbocycles. The van der Waals surface area contributed by atoms with E-state index in [1.807, 2.05) is 4.90 Å². The summed E-state index contributed by atoms with van der Waals surface area (Å²) in [5.41, 5.74) is 0. The molecule has 0 aliphatic rings. The second-order valence-electron chi connectivity index (χ2n) is 2.25. The summed E-state index contributed by atoms with van der Waals surface area (Å²) < 4.78 is 4.05. The van der Waals surface area contributed by atoms with Gasteiger partial charge >= 0.3 is 0 Å². The summed E-state index contributed by atoms with van der Waals surface area (Å²) in [4.78, 5) is 1.85. The van der Waals surface area contributed by atoms with Gasteiger partial charge in [0, 0.05) is 37.4 Å². The lowest BCUT2D eigenvalue weighted by Gasteiger charge is -2.19. The summed E-state index contributed by atoms with van der Waals surface area (Å²) >= 11 is 0.894. The van der Waals surface area contributed by atoms with Gasteiger partial charge in [-0.15, -0.1) is 0 Å². The van der Waals surface area contributed by atoms with Crippen molar-refractivity contribution >= 4 is 12.0 Å². The van der Waals surface area contributed by atoms with Crippen LogP contribution in [-0.2, 0) is 9.37 Å². The predicted molar refractivity (Wildman–Crippen MR) is 45.2 cm³/mol. The molecule has 0 aliphatic heterocycles. The van der Waals surface area contributed by atoms with Gasteiger partial charge in [0.25, 0.3) is 0 Å². The zero-order chi connectivity index (χ0) is 9.94. The summed E-state index contributed by atoms with van der Waals surface area (Å²) in [7, 11) is 0. The molecule has 0 fully saturated rings. The quantitative estimate of drug-likeness (QED) is 0.201. The van der Waals surface area contributed by atoms with E-state index in [0.717, 1.165) is 12.0 Å². The largest absolute Gasteiger partial charge is 0.691 e. The molecule has 0 bridgehead atoms. The lowest BCUT2D eigenvalue weighted by Crippen LogP contribution is -2.31. The van der Waals surface area contributed by atoms with Crippen LogP contribution in [0.2, 0.25) is 0 Å². The molecule has 0 amide bonds. The van der Waals surface area contributed by atoms with Crippen LogP contribution in [0, 0.1) is 0 Å². The van der Waals surface area contributed by atoms with Crippen LogP contribution in [0.4, 0.5) is 0 Å². The van der Waals surface area contributed by atoms with E-state index in [1.54, 1.807) is 0 Å². The minimum atomic E-state index is 0.0452. The fourth-order valence-corrected chi connectivity index (χ4v) is 1.28. The Balaban J connectivity index is 3.33. The molecule has 0 aromatic heterocycles. The molecule has 0 radical (unpaired) electrons. The highest BCUT2D eigenvalue weighted by molar-refractivity contribution is 7.94. The zero-order valence-corrected chi connectivity index (χ0v) is 8.03. The molecule has 0 unspecified atom stereocenters. The molecule has 0 aromatic rings. The standard InChI is InChI=1S/C6H15NO5S/c8-4-1-7(2-5-9)3-6-13-12-11-10/h8-10H,1-6H2/p-1. The molecule has 0 atom stereocenters. The van der Waals surface area contributed by atoms with E-state index < -0.39 is 0 Å². The van der Waals surface area contributed by atoms with Crippen LogP contribution in [-0.4, -0.2) is 53.7 Å². The summed E-state index contributed by atoms with van der Waals surface area (Å²) in [6.07, 6.45) is 0. The SMILES string of the molecule is [O-]OOSCCN(CCO)CCO. The average molecular weight is 212 g/mol. The van der Waals surface area contributed by atoms with Crippen molar-refractivity contribution in [3.8, 4) is 0 Å². The first-order chi connectivity index (χ1) is 6.35. The van der Waals surface area contributed by atoms with Crippen molar-refractivity contribution in [1.29, 1.82) is 0 Å². The van der Waals surface area contributed by atoms with Gasteiger partial charge in [0.05, 0.1) is 13.2 Å². The van der Waals surface area contributed by atoms with Crippen molar-refractivity contribution in [2.24, 2.45) is 0 Å². The molecule has 0 spiro atoms. The Kier molecular flexibility index (Phi) is 10.3. The number of hydrogen-bond acceptors (Lipinski definition) is 7. The Labute approximate surface area is 81.1 Å². The van der Waals surface area contributed by atoms with E-state index in [1.165, 1.54) is 0 Å². The molecule has 0 aromatic carbocycles. The zero-order valence-electron chi connectivity index (χ0n) is 7.22. The van der Waals surface area contributed by atoms with Crippen LogP contribution in [0.15, 0.2) is 0 Å². The number of aliphatic hydroxyl groups excluding tert-OH is 2. The Morgan fingerprint density at radius 1 is 1.15 bits per heavy atom. The second kappa shape index (κ2) is 10.2. The van der Waals surface area contributed by atoms with Crippen LogP contribution in [0.1, 0.15) is 0 Å². The van der Waals surface area contributed by atoms with Crippen molar-refractivity contribution in [3.05, 3.63) is 0 Å². The number of nitrogens with zero attached hydrogens (tertiary/aromatic N) is 1. The van der Waals surface area contributed by atoms with Crippen LogP contribution in [0.25, 0.3) is 0 Å². The number of hydrogen-bond donors (Lipinski definition) is 2. The van der Waals surface area contributed by atoms with Gasteiger partial charge < -0.3 is 15.5 Å². The van der Waals surface area contributed by atoms with Gasteiger partial charge in [0.2, 0.25) is 0 Å². The smallest absolute Gasteiger partial charge is 0.0558 e. The van der Waals surface area contributed by atoms with Crippen LogP contribution in [0.5, 0.6) is 0 Å². The topological polar surface area (TPSA) is 85.2 Å². The van der Waals surface area contributed by atoms with Crippen molar-refractivity contribution in [2.75, 3.05) is 38.6 Å². The average Bonchev–Trinajstić information content (AvgIpc) is 2.13. The first-order valence-electron chi connectivity index (χ1n) is 3.87. The lowest BCUT2D eigenvalue weighted by molar-refractivity contribution is -0.777. The summed E-state index contributed by atoms with van der Waals surface area (Å²) in [5, 5.41) is 29.8. The van der Waals surface area contributed by atoms with E-state index in [4.69, 9.17) is 10.2 Å². The Morgan fingerprint density at radius 3 is 2.23 bits per heavy atom. The van der Waals surface area contributed by atoms with E-state index >= 15 is 0 Å². The van der Waals surface area contributed by atoms with Gasteiger partial charge in [0.15, 0.2) is 0 Å². The molecule has 13 heavy (non-hydrogen) atoms. The molecular weight excluding hydrogens is 198 g/mol. The van der Waals surface area contributed by atoms with Gasteiger partial charge in [-0.2, -0.15) is 4.33 Å². The third-order valence-electron chi connectivity index (χ3n) is 1.40. The third kappa shape index (κ3) is 8.44. The van der Waals surface area contributed by atoms with E-state index in [9.17, 15) is 5.26 Å². The second-order valence-corrected chi connectivity index (χ2v) is 3.03. The van der Waals surface area contributed by atoms with Crippen LogP contribution >= 0.6 is 12.0 Å². The summed E-state index contributed by atoms with van der Waals surface area (Å²) in [6.45, 7) is 1.71. The summed E-state index contributed by atoms with van der Waals surface area (Å²) in [6, 6.07) is 0. The van der Waals surface area contributed by atoms with Crippen molar-refractivity contribution < 1.29 is 24.8 Å². The van der Waals surface area contributed by atoms with E-state index in [-0.39, 0.29) is 13.2 Å². The molecule has 0 rings (SSSR count). The van der Waals surface area contributed by atoms with Gasteiger partial charge in [-0.25, -0.2) is 0 Å². The molecular formula is C6H14NO5S-. The van der Waals surface area contributed by atoms with Gasteiger partial charge in [0.1, 0.15) is 0 Å². The molecule has 7 heteroatoms.